The van der Waals surface area contributed by atoms with Crippen LogP contribution < -0.4 is 4.74 Å². The van der Waals surface area contributed by atoms with Crippen LogP contribution in [0.1, 0.15) is 23.2 Å². The molecule has 0 fully saturated rings. The third-order valence-electron chi connectivity index (χ3n) is 3.19. The van der Waals surface area contributed by atoms with Gasteiger partial charge in [-0.1, -0.05) is 16.8 Å². The molecule has 0 amide bonds. The minimum Gasteiger partial charge on any atom is -0.484 e. The molecule has 5 nitrogen and oxygen atoms in total. The number of halogens is 1. The lowest BCUT2D eigenvalue weighted by Crippen LogP contribution is -1.97. The third-order valence-corrected chi connectivity index (χ3v) is 3.45. The van der Waals surface area contributed by atoms with Gasteiger partial charge in [0.25, 0.3) is 5.89 Å². The van der Waals surface area contributed by atoms with Crippen molar-refractivity contribution in [3.63, 3.8) is 0 Å². The SMILES string of the molecule is CC(=O)c1ccc(OCc2nc(-c3ccc(Cl)cc3)no2)cc1. The molecule has 116 valence electrons. The van der Waals surface area contributed by atoms with Crippen molar-refractivity contribution in [1.29, 1.82) is 0 Å². The molecular weight excluding hydrogens is 316 g/mol. The number of ketones is 1. The van der Waals surface area contributed by atoms with Gasteiger partial charge in [-0.05, 0) is 55.5 Å². The first-order valence-corrected chi connectivity index (χ1v) is 7.32. The monoisotopic (exact) mass is 328 g/mol. The van der Waals surface area contributed by atoms with E-state index in [-0.39, 0.29) is 12.4 Å². The molecule has 0 atom stereocenters. The molecule has 0 saturated heterocycles. The molecule has 6 heteroatoms. The predicted octanol–water partition coefficient (Wildman–Crippen LogP) is 4.17. The van der Waals surface area contributed by atoms with Crippen molar-refractivity contribution in [3.8, 4) is 17.1 Å². The Morgan fingerprint density at radius 1 is 1.13 bits per heavy atom. The van der Waals surface area contributed by atoms with Gasteiger partial charge in [0.1, 0.15) is 5.75 Å². The molecule has 0 N–H and O–H groups in total. The zero-order chi connectivity index (χ0) is 16.2. The molecule has 0 saturated carbocycles. The Balaban J connectivity index is 1.65. The second-order valence-corrected chi connectivity index (χ2v) is 5.32. The van der Waals surface area contributed by atoms with Crippen LogP contribution in [0.25, 0.3) is 11.4 Å². The lowest BCUT2D eigenvalue weighted by atomic mass is 10.1. The molecule has 0 aliphatic carbocycles. The van der Waals surface area contributed by atoms with Gasteiger partial charge in [-0.2, -0.15) is 4.98 Å². The van der Waals surface area contributed by atoms with E-state index in [9.17, 15) is 4.79 Å². The summed E-state index contributed by atoms with van der Waals surface area (Å²) >= 11 is 5.85. The largest absolute Gasteiger partial charge is 0.484 e. The molecule has 0 unspecified atom stereocenters. The molecule has 0 bridgehead atoms. The zero-order valence-electron chi connectivity index (χ0n) is 12.3. The summed E-state index contributed by atoms with van der Waals surface area (Å²) in [4.78, 5) is 15.5. The normalized spacial score (nSPS) is 10.5. The minimum absolute atomic E-state index is 0.0149. The average molecular weight is 329 g/mol. The Hall–Kier alpha value is -2.66. The predicted molar refractivity (Wildman–Crippen MR) is 85.5 cm³/mol. The van der Waals surface area contributed by atoms with Crippen molar-refractivity contribution < 1.29 is 14.1 Å². The van der Waals surface area contributed by atoms with E-state index < -0.39 is 0 Å². The van der Waals surface area contributed by atoms with Gasteiger partial charge in [0.15, 0.2) is 12.4 Å². The maximum atomic E-state index is 11.2. The van der Waals surface area contributed by atoms with Crippen LogP contribution in [-0.4, -0.2) is 15.9 Å². The van der Waals surface area contributed by atoms with Crippen molar-refractivity contribution in [2.24, 2.45) is 0 Å². The Morgan fingerprint density at radius 3 is 2.48 bits per heavy atom. The summed E-state index contributed by atoms with van der Waals surface area (Å²) in [5.74, 6) is 1.49. The fourth-order valence-corrected chi connectivity index (χ4v) is 2.09. The lowest BCUT2D eigenvalue weighted by molar-refractivity contribution is 0.101. The first kappa shape index (κ1) is 15.2. The number of rotatable bonds is 5. The van der Waals surface area contributed by atoms with Gasteiger partial charge in [0.2, 0.25) is 5.82 Å². The second kappa shape index (κ2) is 6.62. The molecule has 1 heterocycles. The standard InChI is InChI=1S/C17H13ClN2O3/c1-11(21)12-4-8-15(9-5-12)22-10-16-19-17(20-23-16)13-2-6-14(18)7-3-13/h2-9H,10H2,1H3. The number of carbonyl (C=O) groups excluding carboxylic acids is 1. The number of hydrogen-bond acceptors (Lipinski definition) is 5. The number of carbonyl (C=O) groups is 1. The molecule has 3 rings (SSSR count). The van der Waals surface area contributed by atoms with E-state index in [2.05, 4.69) is 10.1 Å². The fourth-order valence-electron chi connectivity index (χ4n) is 1.96. The summed E-state index contributed by atoms with van der Waals surface area (Å²) in [5, 5.41) is 4.56. The van der Waals surface area contributed by atoms with Crippen LogP contribution in [0.3, 0.4) is 0 Å². The Bertz CT molecular complexity index is 811. The quantitative estimate of drug-likeness (QED) is 0.657. The number of ether oxygens (including phenoxy) is 1. The molecule has 2 aromatic carbocycles. The number of benzene rings is 2. The fraction of sp³-hybridized carbons (Fsp3) is 0.118. The van der Waals surface area contributed by atoms with Crippen molar-refractivity contribution in [1.82, 2.24) is 10.1 Å². The van der Waals surface area contributed by atoms with E-state index in [0.717, 1.165) is 5.56 Å². The lowest BCUT2D eigenvalue weighted by Gasteiger charge is -2.03. The zero-order valence-corrected chi connectivity index (χ0v) is 13.1. The summed E-state index contributed by atoms with van der Waals surface area (Å²) in [6, 6.07) is 14.0. The first-order chi connectivity index (χ1) is 11.1. The summed E-state index contributed by atoms with van der Waals surface area (Å²) < 4.78 is 10.7. The highest BCUT2D eigenvalue weighted by atomic mass is 35.5. The number of nitrogens with zero attached hydrogens (tertiary/aromatic N) is 2. The van der Waals surface area contributed by atoms with E-state index in [1.54, 1.807) is 36.4 Å². The highest BCUT2D eigenvalue weighted by Crippen LogP contribution is 2.19. The molecule has 3 aromatic rings. The Labute approximate surface area is 137 Å². The summed E-state index contributed by atoms with van der Waals surface area (Å²) in [5.41, 5.74) is 1.45. The molecular formula is C17H13ClN2O3. The van der Waals surface area contributed by atoms with Crippen LogP contribution >= 0.6 is 11.6 Å². The van der Waals surface area contributed by atoms with Crippen molar-refractivity contribution in [2.75, 3.05) is 0 Å². The number of hydrogen-bond donors (Lipinski definition) is 0. The average Bonchev–Trinajstić information content (AvgIpc) is 3.03. The molecule has 0 aliphatic heterocycles. The van der Waals surface area contributed by atoms with Crippen LogP contribution in [0.15, 0.2) is 53.1 Å². The summed E-state index contributed by atoms with van der Waals surface area (Å²) in [7, 11) is 0. The highest BCUT2D eigenvalue weighted by molar-refractivity contribution is 6.30. The molecule has 0 aliphatic rings. The van der Waals surface area contributed by atoms with Crippen LogP contribution in [0.2, 0.25) is 5.02 Å². The van der Waals surface area contributed by atoms with Gasteiger partial charge in [-0.25, -0.2) is 0 Å². The van der Waals surface area contributed by atoms with Crippen LogP contribution in [0.5, 0.6) is 5.75 Å². The summed E-state index contributed by atoms with van der Waals surface area (Å²) in [6.45, 7) is 1.67. The highest BCUT2D eigenvalue weighted by Gasteiger charge is 2.09. The van der Waals surface area contributed by atoms with Gasteiger partial charge in [0.05, 0.1) is 0 Å². The van der Waals surface area contributed by atoms with E-state index in [4.69, 9.17) is 20.9 Å². The third kappa shape index (κ3) is 3.76. The molecule has 23 heavy (non-hydrogen) atoms. The van der Waals surface area contributed by atoms with E-state index in [1.165, 1.54) is 6.92 Å². The van der Waals surface area contributed by atoms with Crippen LogP contribution in [0.4, 0.5) is 0 Å². The molecule has 0 spiro atoms. The Morgan fingerprint density at radius 2 is 1.83 bits per heavy atom. The van der Waals surface area contributed by atoms with Crippen molar-refractivity contribution in [3.05, 3.63) is 65.0 Å². The van der Waals surface area contributed by atoms with Gasteiger partial charge >= 0.3 is 0 Å². The first-order valence-electron chi connectivity index (χ1n) is 6.94. The van der Waals surface area contributed by atoms with Gasteiger partial charge in [-0.3, -0.25) is 4.79 Å². The number of Topliss-reactive ketones (excluding diaryl/α,β-unsaturated/α-hetero) is 1. The van der Waals surface area contributed by atoms with Crippen molar-refractivity contribution in [2.45, 2.75) is 13.5 Å². The molecule has 1 aromatic heterocycles. The Kier molecular flexibility index (Phi) is 4.39. The number of aromatic nitrogens is 2. The smallest absolute Gasteiger partial charge is 0.264 e. The second-order valence-electron chi connectivity index (χ2n) is 4.89. The van der Waals surface area contributed by atoms with Gasteiger partial charge < -0.3 is 9.26 Å². The van der Waals surface area contributed by atoms with Gasteiger partial charge in [-0.15, -0.1) is 0 Å². The molecule has 0 radical (unpaired) electrons. The van der Waals surface area contributed by atoms with Crippen LogP contribution in [0, 0.1) is 0 Å². The van der Waals surface area contributed by atoms with Crippen molar-refractivity contribution >= 4 is 17.4 Å². The van der Waals surface area contributed by atoms with E-state index in [0.29, 0.717) is 28.1 Å². The maximum absolute atomic E-state index is 11.2. The topological polar surface area (TPSA) is 65.2 Å². The van der Waals surface area contributed by atoms with Crippen LogP contribution in [-0.2, 0) is 6.61 Å². The van der Waals surface area contributed by atoms with Gasteiger partial charge in [0, 0.05) is 16.1 Å². The maximum Gasteiger partial charge on any atom is 0.264 e. The summed E-state index contributed by atoms with van der Waals surface area (Å²) in [6.07, 6.45) is 0. The van der Waals surface area contributed by atoms with E-state index >= 15 is 0 Å². The van der Waals surface area contributed by atoms with E-state index in [1.807, 2.05) is 12.1 Å². The minimum atomic E-state index is 0.0149.